The lowest BCUT2D eigenvalue weighted by atomic mass is 10.1. The molecule has 0 radical (unpaired) electrons. The Labute approximate surface area is 174 Å². The summed E-state index contributed by atoms with van der Waals surface area (Å²) in [5, 5.41) is 25.5. The predicted octanol–water partition coefficient (Wildman–Crippen LogP) is 4.42. The molecule has 2 aromatic heterocycles. The first-order chi connectivity index (χ1) is 13.5. The van der Waals surface area contributed by atoms with E-state index in [1.807, 2.05) is 12.1 Å². The van der Waals surface area contributed by atoms with Crippen molar-refractivity contribution in [1.29, 1.82) is 5.26 Å². The average Bonchev–Trinajstić information content (AvgIpc) is 3.31. The Morgan fingerprint density at radius 3 is 2.68 bits per heavy atom. The summed E-state index contributed by atoms with van der Waals surface area (Å²) >= 11 is 17.9. The van der Waals surface area contributed by atoms with Crippen molar-refractivity contribution in [3.8, 4) is 23.1 Å². The number of tetrazole rings is 1. The third kappa shape index (κ3) is 3.55. The highest BCUT2D eigenvalue weighted by Crippen LogP contribution is 2.26. The molecule has 0 spiro atoms. The predicted molar refractivity (Wildman–Crippen MR) is 108 cm³/mol. The number of rotatable bonds is 4. The van der Waals surface area contributed by atoms with E-state index in [-0.39, 0.29) is 0 Å². The molecule has 28 heavy (non-hydrogen) atoms. The van der Waals surface area contributed by atoms with Gasteiger partial charge in [-0.3, -0.25) is 5.10 Å². The molecule has 7 nitrogen and oxygen atoms in total. The van der Waals surface area contributed by atoms with Gasteiger partial charge in [-0.15, -0.1) is 10.2 Å². The van der Waals surface area contributed by atoms with E-state index in [1.54, 1.807) is 41.2 Å². The van der Waals surface area contributed by atoms with Crippen LogP contribution < -0.4 is 0 Å². The summed E-state index contributed by atoms with van der Waals surface area (Å²) in [6, 6.07) is 14.4. The minimum absolute atomic E-state index is 0.395. The van der Waals surface area contributed by atoms with Crippen LogP contribution in [0.4, 0.5) is 0 Å². The van der Waals surface area contributed by atoms with Crippen LogP contribution in [0.2, 0.25) is 10.0 Å². The fourth-order valence-electron chi connectivity index (χ4n) is 2.63. The second kappa shape index (κ2) is 7.56. The van der Waals surface area contributed by atoms with Gasteiger partial charge in [-0.1, -0.05) is 47.6 Å². The molecular formula is C18H11Cl2N7S. The Morgan fingerprint density at radius 2 is 1.93 bits per heavy atom. The third-order valence-electron chi connectivity index (χ3n) is 4.02. The highest BCUT2D eigenvalue weighted by Gasteiger charge is 2.14. The van der Waals surface area contributed by atoms with Gasteiger partial charge >= 0.3 is 0 Å². The van der Waals surface area contributed by atoms with E-state index in [2.05, 4.69) is 26.6 Å². The van der Waals surface area contributed by atoms with Crippen molar-refractivity contribution in [2.45, 2.75) is 6.54 Å². The molecule has 2 aromatic carbocycles. The Balaban J connectivity index is 1.62. The summed E-state index contributed by atoms with van der Waals surface area (Å²) in [5.74, 6) is 0.395. The number of halogens is 2. The first-order valence-electron chi connectivity index (χ1n) is 8.08. The molecule has 0 amide bonds. The van der Waals surface area contributed by atoms with Crippen LogP contribution in [0.5, 0.6) is 0 Å². The van der Waals surface area contributed by atoms with Crippen molar-refractivity contribution >= 4 is 35.4 Å². The molecule has 0 bridgehead atoms. The van der Waals surface area contributed by atoms with Crippen molar-refractivity contribution in [1.82, 2.24) is 30.0 Å². The number of nitrogens with zero attached hydrogens (tertiary/aromatic N) is 6. The Morgan fingerprint density at radius 1 is 1.14 bits per heavy atom. The number of aromatic nitrogens is 6. The molecule has 2 heterocycles. The van der Waals surface area contributed by atoms with Crippen LogP contribution >= 0.6 is 35.4 Å². The van der Waals surface area contributed by atoms with E-state index in [0.29, 0.717) is 43.9 Å². The number of H-pyrrole nitrogens is 1. The summed E-state index contributed by atoms with van der Waals surface area (Å²) in [6.45, 7) is 0.427. The molecule has 4 aromatic rings. The summed E-state index contributed by atoms with van der Waals surface area (Å²) in [7, 11) is 0. The standard InChI is InChI=1S/C18H11Cl2N7S/c19-13-5-6-15(20)16(7-13)27-18(28)14(9-22-27)17-23-25-26(24-17)10-12-3-1-11(8-21)2-4-12/h1-7,9,22H,10H2. The SMILES string of the molecule is N#Cc1ccc(Cn2nnc(-c3c[nH]n(-c4cc(Cl)ccc4Cl)c3=S)n2)cc1. The molecule has 0 aliphatic carbocycles. The van der Waals surface area contributed by atoms with Gasteiger partial charge in [-0.2, -0.15) is 10.1 Å². The molecule has 1 N–H and O–H groups in total. The van der Waals surface area contributed by atoms with Crippen molar-refractivity contribution in [2.75, 3.05) is 0 Å². The molecule has 0 fully saturated rings. The fraction of sp³-hybridized carbons (Fsp3) is 0.0556. The number of nitriles is 1. The second-order valence-electron chi connectivity index (χ2n) is 5.88. The van der Waals surface area contributed by atoms with Gasteiger partial charge in [-0.05, 0) is 41.1 Å². The minimum Gasteiger partial charge on any atom is -0.299 e. The number of aromatic amines is 1. The number of hydrogen-bond acceptors (Lipinski definition) is 5. The van der Waals surface area contributed by atoms with E-state index in [1.165, 1.54) is 4.80 Å². The molecule has 0 aliphatic heterocycles. The Hall–Kier alpha value is -2.99. The maximum atomic E-state index is 8.87. The van der Waals surface area contributed by atoms with Gasteiger partial charge in [0.05, 0.1) is 34.5 Å². The number of hydrogen-bond donors (Lipinski definition) is 1. The topological polar surface area (TPSA) is 88.1 Å². The van der Waals surface area contributed by atoms with Gasteiger partial charge in [0.1, 0.15) is 4.64 Å². The quantitative estimate of drug-likeness (QED) is 0.487. The lowest BCUT2D eigenvalue weighted by Crippen LogP contribution is -2.04. The fourth-order valence-corrected chi connectivity index (χ4v) is 3.30. The van der Waals surface area contributed by atoms with Crippen molar-refractivity contribution in [2.24, 2.45) is 0 Å². The zero-order valence-corrected chi connectivity index (χ0v) is 16.5. The van der Waals surface area contributed by atoms with Gasteiger partial charge in [0, 0.05) is 11.2 Å². The van der Waals surface area contributed by atoms with Crippen LogP contribution in [0.15, 0.2) is 48.7 Å². The molecular weight excluding hydrogens is 417 g/mol. The zero-order chi connectivity index (χ0) is 19.7. The van der Waals surface area contributed by atoms with Gasteiger partial charge in [0.2, 0.25) is 5.82 Å². The highest BCUT2D eigenvalue weighted by atomic mass is 35.5. The van der Waals surface area contributed by atoms with E-state index in [9.17, 15) is 0 Å². The number of nitrogens with one attached hydrogen (secondary N) is 1. The van der Waals surface area contributed by atoms with Crippen LogP contribution in [0.1, 0.15) is 11.1 Å². The normalized spacial score (nSPS) is 10.8. The van der Waals surface area contributed by atoms with Gasteiger partial charge < -0.3 is 0 Å². The van der Waals surface area contributed by atoms with Crippen molar-refractivity contribution < 1.29 is 0 Å². The van der Waals surface area contributed by atoms with Crippen LogP contribution in [-0.2, 0) is 6.54 Å². The Bertz CT molecular complexity index is 1250. The van der Waals surface area contributed by atoms with E-state index in [4.69, 9.17) is 40.7 Å². The summed E-state index contributed by atoms with van der Waals surface area (Å²) < 4.78 is 2.10. The summed E-state index contributed by atoms with van der Waals surface area (Å²) in [4.78, 5) is 1.47. The smallest absolute Gasteiger partial charge is 0.209 e. The van der Waals surface area contributed by atoms with Gasteiger partial charge in [0.15, 0.2) is 0 Å². The second-order valence-corrected chi connectivity index (χ2v) is 7.11. The molecule has 0 atom stereocenters. The van der Waals surface area contributed by atoms with Crippen molar-refractivity contribution in [3.05, 3.63) is 74.5 Å². The van der Waals surface area contributed by atoms with Crippen LogP contribution in [0.3, 0.4) is 0 Å². The van der Waals surface area contributed by atoms with Crippen molar-refractivity contribution in [3.63, 3.8) is 0 Å². The van der Waals surface area contributed by atoms with E-state index in [0.717, 1.165) is 5.56 Å². The van der Waals surface area contributed by atoms with E-state index >= 15 is 0 Å². The maximum Gasteiger partial charge on any atom is 0.209 e. The van der Waals surface area contributed by atoms with Crippen LogP contribution in [0.25, 0.3) is 17.1 Å². The monoisotopic (exact) mass is 427 g/mol. The third-order valence-corrected chi connectivity index (χ3v) is 4.98. The Kier molecular flexibility index (Phi) is 4.96. The molecule has 4 rings (SSSR count). The first-order valence-corrected chi connectivity index (χ1v) is 9.24. The first kappa shape index (κ1) is 18.4. The minimum atomic E-state index is 0.395. The molecule has 0 saturated heterocycles. The molecule has 10 heteroatoms. The molecule has 0 aliphatic rings. The van der Waals surface area contributed by atoms with Crippen LogP contribution in [0, 0.1) is 16.0 Å². The maximum absolute atomic E-state index is 8.87. The van der Waals surface area contributed by atoms with E-state index < -0.39 is 0 Å². The lowest BCUT2D eigenvalue weighted by molar-refractivity contribution is 0.573. The zero-order valence-electron chi connectivity index (χ0n) is 14.2. The van der Waals surface area contributed by atoms with Gasteiger partial charge in [0.25, 0.3) is 0 Å². The summed E-state index contributed by atoms with van der Waals surface area (Å²) in [6.07, 6.45) is 1.70. The molecule has 0 unspecified atom stereocenters. The molecule has 138 valence electrons. The lowest BCUT2D eigenvalue weighted by Gasteiger charge is -2.05. The highest BCUT2D eigenvalue weighted by molar-refractivity contribution is 7.71. The largest absolute Gasteiger partial charge is 0.299 e. The average molecular weight is 428 g/mol. The number of benzene rings is 2. The molecule has 0 saturated carbocycles. The van der Waals surface area contributed by atoms with Crippen LogP contribution in [-0.4, -0.2) is 30.0 Å². The van der Waals surface area contributed by atoms with Gasteiger partial charge in [-0.25, -0.2) is 4.68 Å². The summed E-state index contributed by atoms with van der Waals surface area (Å²) in [5.41, 5.74) is 2.81.